The van der Waals surface area contributed by atoms with Gasteiger partial charge in [0.05, 0.1) is 6.20 Å². The molecule has 0 aliphatic carbocycles. The summed E-state index contributed by atoms with van der Waals surface area (Å²) in [6.07, 6.45) is 5.55. The molecule has 0 atom stereocenters. The van der Waals surface area contributed by atoms with Gasteiger partial charge in [-0.3, -0.25) is 9.08 Å². The number of nitrogens with two attached hydrogens (primary N) is 1. The maximum atomic E-state index is 6.09. The highest BCUT2D eigenvalue weighted by Gasteiger charge is 2.12. The molecule has 86 valence electrons. The number of hydrogen-bond donors (Lipinski definition) is 1. The number of aryl methyl sites for hydroxylation is 1. The number of rotatable bonds is 1. The second-order valence-corrected chi connectivity index (χ2v) is 4.74. The summed E-state index contributed by atoms with van der Waals surface area (Å²) in [5, 5.41) is 4.12. The standard InChI is InChI=1S/C11H10BrN5/c1-16-5-7(4-14-16)10-11(13)17-6-8(12)2-3-9(17)15-10/h2-6H,13H2,1H3. The summed E-state index contributed by atoms with van der Waals surface area (Å²) in [4.78, 5) is 4.50. The summed E-state index contributed by atoms with van der Waals surface area (Å²) in [6, 6.07) is 3.86. The van der Waals surface area contributed by atoms with Crippen molar-refractivity contribution < 1.29 is 0 Å². The lowest BCUT2D eigenvalue weighted by Gasteiger charge is -1.97. The maximum absolute atomic E-state index is 6.09. The van der Waals surface area contributed by atoms with Crippen molar-refractivity contribution in [1.29, 1.82) is 0 Å². The molecule has 2 N–H and O–H groups in total. The molecule has 6 heteroatoms. The monoisotopic (exact) mass is 291 g/mol. The van der Waals surface area contributed by atoms with Crippen LogP contribution in [0, 0.1) is 0 Å². The van der Waals surface area contributed by atoms with Crippen molar-refractivity contribution in [2.45, 2.75) is 0 Å². The zero-order valence-corrected chi connectivity index (χ0v) is 10.7. The van der Waals surface area contributed by atoms with E-state index in [9.17, 15) is 0 Å². The van der Waals surface area contributed by atoms with Crippen molar-refractivity contribution in [1.82, 2.24) is 19.2 Å². The predicted octanol–water partition coefficient (Wildman–Crippen LogP) is 2.08. The van der Waals surface area contributed by atoms with Crippen molar-refractivity contribution >= 4 is 27.4 Å². The number of hydrogen-bond acceptors (Lipinski definition) is 3. The Bertz CT molecular complexity index is 697. The van der Waals surface area contributed by atoms with Crippen LogP contribution in [0.1, 0.15) is 0 Å². The molecule has 3 aromatic heterocycles. The van der Waals surface area contributed by atoms with Crippen LogP contribution in [0.2, 0.25) is 0 Å². The first-order valence-electron chi connectivity index (χ1n) is 5.07. The molecule has 3 rings (SSSR count). The molecule has 17 heavy (non-hydrogen) atoms. The molecule has 0 spiro atoms. The van der Waals surface area contributed by atoms with E-state index in [1.54, 1.807) is 10.9 Å². The van der Waals surface area contributed by atoms with Gasteiger partial charge in [-0.25, -0.2) is 4.98 Å². The van der Waals surface area contributed by atoms with Crippen LogP contribution in [-0.4, -0.2) is 19.2 Å². The molecule has 5 nitrogen and oxygen atoms in total. The van der Waals surface area contributed by atoms with Gasteiger partial charge in [0.15, 0.2) is 0 Å². The minimum Gasteiger partial charge on any atom is -0.383 e. The van der Waals surface area contributed by atoms with Crippen LogP contribution in [-0.2, 0) is 7.05 Å². The van der Waals surface area contributed by atoms with Gasteiger partial charge in [-0.2, -0.15) is 5.10 Å². The number of pyridine rings is 1. The predicted molar refractivity (Wildman–Crippen MR) is 69.5 cm³/mol. The molecule has 0 saturated heterocycles. The summed E-state index contributed by atoms with van der Waals surface area (Å²) in [6.45, 7) is 0. The largest absolute Gasteiger partial charge is 0.383 e. The first kappa shape index (κ1) is 10.3. The van der Waals surface area contributed by atoms with Crippen LogP contribution in [0.5, 0.6) is 0 Å². The van der Waals surface area contributed by atoms with Crippen molar-refractivity contribution in [3.63, 3.8) is 0 Å². The number of nitrogens with zero attached hydrogens (tertiary/aromatic N) is 4. The molecular formula is C11H10BrN5. The van der Waals surface area contributed by atoms with Gasteiger partial charge in [-0.05, 0) is 28.1 Å². The Morgan fingerprint density at radius 3 is 2.82 bits per heavy atom. The van der Waals surface area contributed by atoms with Gasteiger partial charge >= 0.3 is 0 Å². The summed E-state index contributed by atoms with van der Waals surface area (Å²) >= 11 is 3.42. The van der Waals surface area contributed by atoms with E-state index in [1.165, 1.54) is 0 Å². The van der Waals surface area contributed by atoms with Crippen molar-refractivity contribution in [2.24, 2.45) is 7.05 Å². The van der Waals surface area contributed by atoms with Crippen molar-refractivity contribution in [3.8, 4) is 11.3 Å². The molecule has 0 aromatic carbocycles. The molecule has 0 aliphatic heterocycles. The molecule has 0 unspecified atom stereocenters. The normalized spacial score (nSPS) is 11.2. The van der Waals surface area contributed by atoms with Gasteiger partial charge in [-0.15, -0.1) is 0 Å². The Morgan fingerprint density at radius 2 is 2.12 bits per heavy atom. The van der Waals surface area contributed by atoms with Gasteiger partial charge in [0, 0.05) is 29.5 Å². The second-order valence-electron chi connectivity index (χ2n) is 3.82. The van der Waals surface area contributed by atoms with E-state index < -0.39 is 0 Å². The van der Waals surface area contributed by atoms with Crippen molar-refractivity contribution in [2.75, 3.05) is 5.73 Å². The average molecular weight is 292 g/mol. The lowest BCUT2D eigenvalue weighted by Crippen LogP contribution is -1.93. The summed E-state index contributed by atoms with van der Waals surface area (Å²) in [5.41, 5.74) is 8.60. The van der Waals surface area contributed by atoms with Crippen LogP contribution < -0.4 is 5.73 Å². The Morgan fingerprint density at radius 1 is 1.29 bits per heavy atom. The topological polar surface area (TPSA) is 61.1 Å². The molecule has 3 aromatic rings. The third-order valence-electron chi connectivity index (χ3n) is 2.60. The number of nitrogen functional groups attached to an aromatic ring is 1. The molecule has 0 radical (unpaired) electrons. The molecule has 0 aliphatic rings. The fourth-order valence-electron chi connectivity index (χ4n) is 1.79. The molecule has 3 heterocycles. The van der Waals surface area contributed by atoms with E-state index in [4.69, 9.17) is 5.73 Å². The van der Waals surface area contributed by atoms with Crippen LogP contribution in [0.4, 0.5) is 5.82 Å². The zero-order valence-electron chi connectivity index (χ0n) is 9.13. The molecular weight excluding hydrogens is 282 g/mol. The van der Waals surface area contributed by atoms with E-state index in [-0.39, 0.29) is 0 Å². The number of imidazole rings is 1. The highest BCUT2D eigenvalue weighted by atomic mass is 79.9. The first-order valence-corrected chi connectivity index (χ1v) is 5.86. The van der Waals surface area contributed by atoms with E-state index in [2.05, 4.69) is 26.0 Å². The number of fused-ring (bicyclic) bond motifs is 1. The van der Waals surface area contributed by atoms with Gasteiger partial charge in [0.25, 0.3) is 0 Å². The third kappa shape index (κ3) is 1.61. The number of anilines is 1. The first-order chi connectivity index (χ1) is 8.15. The quantitative estimate of drug-likeness (QED) is 0.747. The Hall–Kier alpha value is -1.82. The average Bonchev–Trinajstić information content (AvgIpc) is 2.84. The molecule has 0 amide bonds. The van der Waals surface area contributed by atoms with Gasteiger partial charge < -0.3 is 5.73 Å². The summed E-state index contributed by atoms with van der Waals surface area (Å²) in [5.74, 6) is 0.620. The van der Waals surface area contributed by atoms with Crippen LogP contribution in [0.25, 0.3) is 16.9 Å². The number of halogens is 1. The Kier molecular flexibility index (Phi) is 2.19. The van der Waals surface area contributed by atoms with Gasteiger partial charge in [-0.1, -0.05) is 0 Å². The smallest absolute Gasteiger partial charge is 0.139 e. The summed E-state index contributed by atoms with van der Waals surface area (Å²) < 4.78 is 4.55. The molecule has 0 saturated carbocycles. The molecule has 0 fully saturated rings. The highest BCUT2D eigenvalue weighted by Crippen LogP contribution is 2.26. The zero-order chi connectivity index (χ0) is 12.0. The van der Waals surface area contributed by atoms with Crippen molar-refractivity contribution in [3.05, 3.63) is 35.2 Å². The van der Waals surface area contributed by atoms with Crippen LogP contribution in [0.15, 0.2) is 35.2 Å². The fraction of sp³-hybridized carbons (Fsp3) is 0.0909. The lowest BCUT2D eigenvalue weighted by molar-refractivity contribution is 0.768. The van der Waals surface area contributed by atoms with Crippen LogP contribution >= 0.6 is 15.9 Å². The maximum Gasteiger partial charge on any atom is 0.139 e. The lowest BCUT2D eigenvalue weighted by atomic mass is 10.2. The van der Waals surface area contributed by atoms with E-state index in [1.807, 2.05) is 36.0 Å². The van der Waals surface area contributed by atoms with Gasteiger partial charge in [0.2, 0.25) is 0 Å². The van der Waals surface area contributed by atoms with E-state index >= 15 is 0 Å². The minimum absolute atomic E-state index is 0.620. The summed E-state index contributed by atoms with van der Waals surface area (Å²) in [7, 11) is 1.87. The second kappa shape index (κ2) is 3.59. The highest BCUT2D eigenvalue weighted by molar-refractivity contribution is 9.10. The Labute approximate surface area is 106 Å². The van der Waals surface area contributed by atoms with E-state index in [0.29, 0.717) is 5.82 Å². The number of aromatic nitrogens is 4. The third-order valence-corrected chi connectivity index (χ3v) is 3.07. The fourth-order valence-corrected chi connectivity index (χ4v) is 2.13. The van der Waals surface area contributed by atoms with Gasteiger partial charge in [0.1, 0.15) is 17.2 Å². The minimum atomic E-state index is 0.620. The Balaban J connectivity index is 2.27. The SMILES string of the molecule is Cn1cc(-c2nc3ccc(Br)cn3c2N)cn1. The van der Waals surface area contributed by atoms with E-state index in [0.717, 1.165) is 21.4 Å². The molecule has 0 bridgehead atoms. The van der Waals surface area contributed by atoms with Crippen LogP contribution in [0.3, 0.4) is 0 Å².